The number of nitrogens with zero attached hydrogens (tertiary/aromatic N) is 3. The second kappa shape index (κ2) is 7.28. The number of hydrogen-bond acceptors (Lipinski definition) is 5. The topological polar surface area (TPSA) is 56.6 Å². The molecular weight excluding hydrogens is 266 g/mol. The van der Waals surface area contributed by atoms with Crippen molar-refractivity contribution in [3.8, 4) is 5.88 Å². The third-order valence-electron chi connectivity index (χ3n) is 2.23. The number of aromatic nitrogens is 2. The summed E-state index contributed by atoms with van der Waals surface area (Å²) >= 11 is 5.94. The molecule has 0 N–H and O–H groups in total. The van der Waals surface area contributed by atoms with Gasteiger partial charge in [0.2, 0.25) is 5.88 Å². The lowest BCUT2D eigenvalue weighted by molar-refractivity contribution is 0.160. The Kier molecular flexibility index (Phi) is 6.02. The molecule has 0 fully saturated rings. The van der Waals surface area contributed by atoms with Crippen LogP contribution in [-0.4, -0.2) is 28.4 Å². The van der Waals surface area contributed by atoms with Gasteiger partial charge in [0, 0.05) is 6.07 Å². The van der Waals surface area contributed by atoms with Gasteiger partial charge in [-0.05, 0) is 18.8 Å². The van der Waals surface area contributed by atoms with Gasteiger partial charge in [-0.15, -0.1) is 0 Å². The molecule has 1 aromatic heterocycles. The van der Waals surface area contributed by atoms with Crippen molar-refractivity contribution in [2.75, 3.05) is 13.2 Å². The van der Waals surface area contributed by atoms with E-state index in [4.69, 9.17) is 21.2 Å². The average Bonchev–Trinajstić information content (AvgIpc) is 2.35. The molecule has 0 aliphatic heterocycles. The molecule has 5 nitrogen and oxygen atoms in total. The lowest BCUT2D eigenvalue weighted by Crippen LogP contribution is -2.12. The standard InChI is InChI=1S/C13H20ClN3O2/c1-5-19-17-12(14)10-8-11(16-9-15-10)18-7-6-13(2,3)4/h8-9H,5-7H2,1-4H3/b17-12-. The summed E-state index contributed by atoms with van der Waals surface area (Å²) in [5.41, 5.74) is 0.708. The van der Waals surface area contributed by atoms with Crippen molar-refractivity contribution in [2.24, 2.45) is 10.6 Å². The average molecular weight is 286 g/mol. The minimum Gasteiger partial charge on any atom is -0.478 e. The van der Waals surface area contributed by atoms with E-state index in [0.29, 0.717) is 24.8 Å². The fourth-order valence-corrected chi connectivity index (χ4v) is 1.31. The fourth-order valence-electron chi connectivity index (χ4n) is 1.16. The van der Waals surface area contributed by atoms with Crippen molar-refractivity contribution in [3.05, 3.63) is 18.1 Å². The van der Waals surface area contributed by atoms with Crippen LogP contribution < -0.4 is 4.74 Å². The number of ether oxygens (including phenoxy) is 1. The molecule has 0 saturated carbocycles. The van der Waals surface area contributed by atoms with Crippen LogP contribution in [0.3, 0.4) is 0 Å². The molecule has 106 valence electrons. The molecule has 0 amide bonds. The van der Waals surface area contributed by atoms with E-state index in [9.17, 15) is 0 Å². The van der Waals surface area contributed by atoms with Gasteiger partial charge in [0.15, 0.2) is 5.17 Å². The summed E-state index contributed by atoms with van der Waals surface area (Å²) in [5.74, 6) is 0.485. The van der Waals surface area contributed by atoms with E-state index in [2.05, 4.69) is 35.9 Å². The van der Waals surface area contributed by atoms with Gasteiger partial charge in [-0.3, -0.25) is 0 Å². The van der Waals surface area contributed by atoms with Crippen molar-refractivity contribution in [1.82, 2.24) is 9.97 Å². The van der Waals surface area contributed by atoms with Crippen LogP contribution in [0, 0.1) is 5.41 Å². The maximum atomic E-state index is 5.94. The Labute approximate surface area is 119 Å². The molecule has 1 rings (SSSR count). The maximum absolute atomic E-state index is 5.94. The summed E-state index contributed by atoms with van der Waals surface area (Å²) in [6.07, 6.45) is 2.33. The SMILES string of the molecule is CCO/N=C(\Cl)c1cc(OCCC(C)(C)C)ncn1. The molecule has 6 heteroatoms. The van der Waals surface area contributed by atoms with Crippen LogP contribution in [0.25, 0.3) is 0 Å². The van der Waals surface area contributed by atoms with Crippen LogP contribution in [0.2, 0.25) is 0 Å². The molecule has 0 radical (unpaired) electrons. The van der Waals surface area contributed by atoms with Crippen molar-refractivity contribution < 1.29 is 9.57 Å². The van der Waals surface area contributed by atoms with Gasteiger partial charge < -0.3 is 9.57 Å². The number of hydrogen-bond donors (Lipinski definition) is 0. The second-order valence-electron chi connectivity index (χ2n) is 5.20. The van der Waals surface area contributed by atoms with Gasteiger partial charge in [-0.25, -0.2) is 9.97 Å². The van der Waals surface area contributed by atoms with Crippen LogP contribution in [0.4, 0.5) is 0 Å². The predicted molar refractivity (Wildman–Crippen MR) is 75.6 cm³/mol. The zero-order valence-electron chi connectivity index (χ0n) is 11.8. The second-order valence-corrected chi connectivity index (χ2v) is 5.56. The minimum atomic E-state index is 0.185. The van der Waals surface area contributed by atoms with Crippen molar-refractivity contribution in [3.63, 3.8) is 0 Å². The zero-order chi connectivity index (χ0) is 14.3. The Morgan fingerprint density at radius 1 is 1.37 bits per heavy atom. The highest BCUT2D eigenvalue weighted by atomic mass is 35.5. The largest absolute Gasteiger partial charge is 0.478 e. The van der Waals surface area contributed by atoms with Crippen molar-refractivity contribution in [2.45, 2.75) is 34.1 Å². The van der Waals surface area contributed by atoms with Gasteiger partial charge in [-0.1, -0.05) is 37.5 Å². The maximum Gasteiger partial charge on any atom is 0.216 e. The van der Waals surface area contributed by atoms with Gasteiger partial charge in [0.25, 0.3) is 0 Å². The number of halogens is 1. The van der Waals surface area contributed by atoms with Crippen LogP contribution >= 0.6 is 11.6 Å². The first kappa shape index (κ1) is 15.7. The quantitative estimate of drug-likeness (QED) is 0.595. The smallest absolute Gasteiger partial charge is 0.216 e. The van der Waals surface area contributed by atoms with Crippen LogP contribution in [0.1, 0.15) is 39.8 Å². The first-order valence-electron chi connectivity index (χ1n) is 6.23. The van der Waals surface area contributed by atoms with Gasteiger partial charge in [-0.2, -0.15) is 0 Å². The zero-order valence-corrected chi connectivity index (χ0v) is 12.6. The van der Waals surface area contributed by atoms with Crippen LogP contribution in [0.15, 0.2) is 17.5 Å². The third kappa shape index (κ3) is 6.38. The lowest BCUT2D eigenvalue weighted by Gasteiger charge is -2.17. The number of rotatable bonds is 6. The Morgan fingerprint density at radius 3 is 2.74 bits per heavy atom. The molecule has 1 aromatic rings. The van der Waals surface area contributed by atoms with Gasteiger partial charge in [0.1, 0.15) is 18.6 Å². The van der Waals surface area contributed by atoms with E-state index < -0.39 is 0 Å². The van der Waals surface area contributed by atoms with Crippen LogP contribution in [0.5, 0.6) is 5.88 Å². The van der Waals surface area contributed by atoms with Crippen molar-refractivity contribution >= 4 is 16.8 Å². The molecule has 0 aromatic carbocycles. The van der Waals surface area contributed by atoms with Crippen LogP contribution in [-0.2, 0) is 4.84 Å². The molecule has 0 aliphatic carbocycles. The molecule has 1 heterocycles. The summed E-state index contributed by atoms with van der Waals surface area (Å²) in [7, 11) is 0. The summed E-state index contributed by atoms with van der Waals surface area (Å²) in [6, 6.07) is 1.65. The molecule has 0 unspecified atom stereocenters. The molecule has 19 heavy (non-hydrogen) atoms. The Balaban J connectivity index is 2.62. The van der Waals surface area contributed by atoms with E-state index in [1.54, 1.807) is 6.07 Å². The Morgan fingerprint density at radius 2 is 2.11 bits per heavy atom. The molecule has 0 saturated heterocycles. The molecule has 0 bridgehead atoms. The van der Waals surface area contributed by atoms with Crippen molar-refractivity contribution in [1.29, 1.82) is 0 Å². The van der Waals surface area contributed by atoms with E-state index in [1.807, 2.05) is 6.92 Å². The third-order valence-corrected chi connectivity index (χ3v) is 2.49. The summed E-state index contributed by atoms with van der Waals surface area (Å²) in [4.78, 5) is 12.9. The molecular formula is C13H20ClN3O2. The normalized spacial score (nSPS) is 12.4. The Hall–Kier alpha value is -1.36. The summed E-state index contributed by atoms with van der Waals surface area (Å²) in [6.45, 7) is 9.36. The summed E-state index contributed by atoms with van der Waals surface area (Å²) < 4.78 is 5.57. The molecule has 0 aliphatic rings. The highest BCUT2D eigenvalue weighted by Crippen LogP contribution is 2.19. The lowest BCUT2D eigenvalue weighted by atomic mass is 9.93. The predicted octanol–water partition coefficient (Wildman–Crippen LogP) is 3.23. The highest BCUT2D eigenvalue weighted by molar-refractivity contribution is 6.69. The first-order valence-corrected chi connectivity index (χ1v) is 6.61. The molecule has 0 atom stereocenters. The van der Waals surface area contributed by atoms with Gasteiger partial charge in [0.05, 0.1) is 6.61 Å². The van der Waals surface area contributed by atoms with E-state index >= 15 is 0 Å². The van der Waals surface area contributed by atoms with E-state index in [-0.39, 0.29) is 10.6 Å². The molecule has 0 spiro atoms. The number of oxime groups is 1. The highest BCUT2D eigenvalue weighted by Gasteiger charge is 2.11. The first-order chi connectivity index (χ1) is 8.92. The van der Waals surface area contributed by atoms with E-state index in [1.165, 1.54) is 6.33 Å². The van der Waals surface area contributed by atoms with Gasteiger partial charge >= 0.3 is 0 Å². The Bertz CT molecular complexity index is 430. The van der Waals surface area contributed by atoms with E-state index in [0.717, 1.165) is 6.42 Å². The fraction of sp³-hybridized carbons (Fsp3) is 0.615. The summed E-state index contributed by atoms with van der Waals surface area (Å²) in [5, 5.41) is 3.89. The monoisotopic (exact) mass is 285 g/mol. The minimum absolute atomic E-state index is 0.185.